The van der Waals surface area contributed by atoms with E-state index in [1.807, 2.05) is 13.1 Å². The van der Waals surface area contributed by atoms with Gasteiger partial charge in [-0.3, -0.25) is 9.69 Å². The van der Waals surface area contributed by atoms with Crippen molar-refractivity contribution in [3.63, 3.8) is 0 Å². The molecule has 1 amide bonds. The Morgan fingerprint density at radius 2 is 2.00 bits per heavy atom. The van der Waals surface area contributed by atoms with Crippen LogP contribution < -0.4 is 16.5 Å². The van der Waals surface area contributed by atoms with E-state index in [9.17, 15) is 14.8 Å². The maximum Gasteiger partial charge on any atom is 0.488 e. The van der Waals surface area contributed by atoms with Crippen LogP contribution in [0.5, 0.6) is 0 Å². The van der Waals surface area contributed by atoms with Gasteiger partial charge in [0, 0.05) is 25.2 Å². The van der Waals surface area contributed by atoms with E-state index in [1.54, 1.807) is 36.4 Å². The number of benzene rings is 1. The minimum Gasteiger partial charge on any atom is -0.423 e. The van der Waals surface area contributed by atoms with E-state index >= 15 is 0 Å². The van der Waals surface area contributed by atoms with Crippen LogP contribution in [-0.2, 0) is 19.6 Å². The Labute approximate surface area is 189 Å². The molecule has 0 fully saturated rings. The van der Waals surface area contributed by atoms with E-state index < -0.39 is 13.0 Å². The molecule has 4 heterocycles. The lowest BCUT2D eigenvalue weighted by atomic mass is 9.79. The van der Waals surface area contributed by atoms with Crippen molar-refractivity contribution in [2.24, 2.45) is 5.73 Å². The highest BCUT2D eigenvalue weighted by Crippen LogP contribution is 2.30. The monoisotopic (exact) mass is 444 g/mol. The molecule has 5 N–H and O–H groups in total. The number of carbonyl (C=O) groups is 1. The third-order valence-corrected chi connectivity index (χ3v) is 5.56. The van der Waals surface area contributed by atoms with Gasteiger partial charge >= 0.3 is 7.12 Å². The summed E-state index contributed by atoms with van der Waals surface area (Å²) in [6, 6.07) is 12.1. The lowest BCUT2D eigenvalue weighted by molar-refractivity contribution is 0.0993. The summed E-state index contributed by atoms with van der Waals surface area (Å²) in [6.45, 7) is 1.79. The summed E-state index contributed by atoms with van der Waals surface area (Å²) in [7, 11) is 0.477. The fraction of sp³-hybridized carbons (Fsp3) is 0.190. The van der Waals surface area contributed by atoms with E-state index in [4.69, 9.17) is 15.7 Å². The first kappa shape index (κ1) is 21.0. The molecule has 5 rings (SSSR count). The van der Waals surface area contributed by atoms with Crippen molar-refractivity contribution in [1.29, 1.82) is 0 Å². The van der Waals surface area contributed by atoms with Gasteiger partial charge in [-0.2, -0.15) is 0 Å². The normalized spacial score (nSPS) is 13.3. The van der Waals surface area contributed by atoms with Crippen LogP contribution in [0.4, 0.5) is 5.82 Å². The lowest BCUT2D eigenvalue weighted by Gasteiger charge is -2.12. The summed E-state index contributed by atoms with van der Waals surface area (Å²) in [6.07, 6.45) is 0. The third-order valence-electron chi connectivity index (χ3n) is 5.56. The molecule has 0 saturated heterocycles. The van der Waals surface area contributed by atoms with Crippen LogP contribution in [0.2, 0.25) is 0 Å². The summed E-state index contributed by atoms with van der Waals surface area (Å²) in [5, 5.41) is 30.5. The highest BCUT2D eigenvalue weighted by Gasteiger charge is 2.25. The molecular formula is C21H21BN8O3. The molecule has 0 aliphatic carbocycles. The average molecular weight is 444 g/mol. The zero-order valence-electron chi connectivity index (χ0n) is 17.8. The van der Waals surface area contributed by atoms with Crippen LogP contribution in [-0.4, -0.2) is 59.8 Å². The van der Waals surface area contributed by atoms with Crippen LogP contribution in [0.1, 0.15) is 27.3 Å². The lowest BCUT2D eigenvalue weighted by Crippen LogP contribution is -2.30. The molecule has 12 heteroatoms. The molecule has 11 nitrogen and oxygen atoms in total. The predicted octanol–water partition coefficient (Wildman–Crippen LogP) is -0.478. The van der Waals surface area contributed by atoms with Gasteiger partial charge in [0.1, 0.15) is 11.5 Å². The van der Waals surface area contributed by atoms with E-state index in [2.05, 4.69) is 20.5 Å². The Balaban J connectivity index is 1.54. The summed E-state index contributed by atoms with van der Waals surface area (Å²) in [4.78, 5) is 23.3. The second kappa shape index (κ2) is 8.24. The number of carbonyl (C=O) groups excluding carboxylic acids is 1. The van der Waals surface area contributed by atoms with Crippen LogP contribution in [0.25, 0.3) is 17.0 Å². The Kier molecular flexibility index (Phi) is 5.25. The number of anilines is 1. The van der Waals surface area contributed by atoms with Gasteiger partial charge in [-0.15, -0.1) is 5.10 Å². The molecule has 0 bridgehead atoms. The minimum atomic E-state index is -1.53. The molecule has 33 heavy (non-hydrogen) atoms. The standard InChI is InChI=1S/C21H21BN8O3/c1-29-10-14-15(11-29)25-21(18-16-6-3-7-17(19(23)31)30(16)28-27-18)26-20(14)24-9-12-4-2-5-13(8-12)22(32)33/h2-8,32-33H,9-11H2,1H3,(H2,23,31)(H,24,25,26). The molecule has 0 unspecified atom stereocenters. The SMILES string of the molecule is CN1Cc2nc(-c3nnn4c(C(N)=O)cccc34)nc(NCc3cccc(B(O)O)c3)c2C1. The third kappa shape index (κ3) is 3.91. The van der Waals surface area contributed by atoms with Gasteiger partial charge in [0.15, 0.2) is 11.5 Å². The predicted molar refractivity (Wildman–Crippen MR) is 121 cm³/mol. The Morgan fingerprint density at radius 3 is 2.79 bits per heavy atom. The van der Waals surface area contributed by atoms with Gasteiger partial charge in [-0.05, 0) is 30.2 Å². The van der Waals surface area contributed by atoms with Crippen molar-refractivity contribution in [3.05, 3.63) is 65.0 Å². The fourth-order valence-electron chi connectivity index (χ4n) is 3.97. The molecule has 166 valence electrons. The number of rotatable bonds is 6. The van der Waals surface area contributed by atoms with Crippen molar-refractivity contribution >= 4 is 29.8 Å². The number of nitrogens with one attached hydrogen (secondary N) is 1. The number of nitrogens with two attached hydrogens (primary N) is 1. The number of fused-ring (bicyclic) bond motifs is 2. The van der Waals surface area contributed by atoms with Crippen molar-refractivity contribution in [1.82, 2.24) is 29.7 Å². The molecule has 4 aromatic rings. The summed E-state index contributed by atoms with van der Waals surface area (Å²) in [5.41, 5.74) is 9.88. The first-order valence-electron chi connectivity index (χ1n) is 10.3. The molecule has 0 saturated carbocycles. The topological polar surface area (TPSA) is 155 Å². The molecule has 0 spiro atoms. The Bertz CT molecular complexity index is 1370. The van der Waals surface area contributed by atoms with Crippen LogP contribution in [0.3, 0.4) is 0 Å². The maximum absolute atomic E-state index is 11.7. The van der Waals surface area contributed by atoms with Gasteiger partial charge in [0.05, 0.1) is 11.2 Å². The first-order chi connectivity index (χ1) is 15.9. The number of nitrogens with zero attached hydrogens (tertiary/aromatic N) is 6. The van der Waals surface area contributed by atoms with E-state index in [0.29, 0.717) is 47.9 Å². The number of hydrogen-bond acceptors (Lipinski definition) is 9. The smallest absolute Gasteiger partial charge is 0.423 e. The number of hydrogen-bond donors (Lipinski definition) is 4. The largest absolute Gasteiger partial charge is 0.488 e. The molecule has 1 aromatic carbocycles. The van der Waals surface area contributed by atoms with Crippen LogP contribution in [0.15, 0.2) is 42.5 Å². The van der Waals surface area contributed by atoms with Gasteiger partial charge in [0.25, 0.3) is 5.91 Å². The first-order valence-corrected chi connectivity index (χ1v) is 10.3. The number of amides is 1. The highest BCUT2D eigenvalue weighted by molar-refractivity contribution is 6.58. The molecule has 1 aliphatic rings. The van der Waals surface area contributed by atoms with E-state index in [-0.39, 0.29) is 5.69 Å². The maximum atomic E-state index is 11.7. The summed E-state index contributed by atoms with van der Waals surface area (Å²) >= 11 is 0. The summed E-state index contributed by atoms with van der Waals surface area (Å²) < 4.78 is 1.39. The van der Waals surface area contributed by atoms with Gasteiger partial charge in [0.2, 0.25) is 0 Å². The molecular weight excluding hydrogens is 423 g/mol. The zero-order valence-corrected chi connectivity index (χ0v) is 17.8. The van der Waals surface area contributed by atoms with Crippen molar-refractivity contribution < 1.29 is 14.8 Å². The fourth-order valence-corrected chi connectivity index (χ4v) is 3.97. The molecule has 0 atom stereocenters. The second-order valence-electron chi connectivity index (χ2n) is 7.98. The highest BCUT2D eigenvalue weighted by atomic mass is 16.4. The number of aromatic nitrogens is 5. The van der Waals surface area contributed by atoms with Crippen molar-refractivity contribution in [2.75, 3.05) is 12.4 Å². The zero-order chi connectivity index (χ0) is 23.1. The van der Waals surface area contributed by atoms with E-state index in [1.165, 1.54) is 4.52 Å². The van der Waals surface area contributed by atoms with Gasteiger partial charge in [-0.25, -0.2) is 14.5 Å². The second-order valence-corrected chi connectivity index (χ2v) is 7.98. The van der Waals surface area contributed by atoms with Crippen molar-refractivity contribution in [2.45, 2.75) is 19.6 Å². The molecule has 3 aromatic heterocycles. The summed E-state index contributed by atoms with van der Waals surface area (Å²) in [5.74, 6) is 0.454. The minimum absolute atomic E-state index is 0.219. The van der Waals surface area contributed by atoms with Gasteiger partial charge in [-0.1, -0.05) is 35.5 Å². The van der Waals surface area contributed by atoms with Crippen molar-refractivity contribution in [3.8, 4) is 11.5 Å². The quantitative estimate of drug-likeness (QED) is 0.289. The van der Waals surface area contributed by atoms with Gasteiger partial charge < -0.3 is 21.1 Å². The molecule has 1 aliphatic heterocycles. The van der Waals surface area contributed by atoms with Crippen LogP contribution in [0, 0.1) is 0 Å². The average Bonchev–Trinajstić information content (AvgIpc) is 3.40. The van der Waals surface area contributed by atoms with E-state index in [0.717, 1.165) is 16.8 Å². The number of pyridine rings is 1. The number of primary amides is 1. The van der Waals surface area contributed by atoms with Crippen LogP contribution >= 0.6 is 0 Å². The Hall–Kier alpha value is -3.87. The molecule has 0 radical (unpaired) electrons. The Morgan fingerprint density at radius 1 is 1.18 bits per heavy atom.